The van der Waals surface area contributed by atoms with Crippen LogP contribution >= 0.6 is 15.8 Å². The van der Waals surface area contributed by atoms with E-state index in [0.29, 0.717) is 0 Å². The molecule has 0 aliphatic heterocycles. The first-order chi connectivity index (χ1) is 18.9. The molecular weight excluding hydrogens is 654 g/mol. The zero-order chi connectivity index (χ0) is 25.8. The average molecular weight is 684 g/mol. The molecule has 0 aliphatic rings. The molecule has 40 heavy (non-hydrogen) atoms. The molecular formula is C36H30Br2P2-2. The smallest absolute Gasteiger partial charge is 0.0134 e. The highest BCUT2D eigenvalue weighted by Crippen LogP contribution is 2.33. The van der Waals surface area contributed by atoms with Crippen molar-refractivity contribution in [2.45, 2.75) is 0 Å². The third-order valence-electron chi connectivity index (χ3n) is 6.09. The van der Waals surface area contributed by atoms with Gasteiger partial charge in [-0.3, -0.25) is 0 Å². The minimum atomic E-state index is -0.446. The zero-order valence-electron chi connectivity index (χ0n) is 22.0. The van der Waals surface area contributed by atoms with Gasteiger partial charge in [0.2, 0.25) is 0 Å². The van der Waals surface area contributed by atoms with Gasteiger partial charge in [-0.05, 0) is 47.7 Å². The highest BCUT2D eigenvalue weighted by atomic mass is 79.9. The van der Waals surface area contributed by atoms with Gasteiger partial charge in [0.05, 0.1) is 0 Å². The van der Waals surface area contributed by atoms with Crippen molar-refractivity contribution < 1.29 is 34.0 Å². The predicted octanol–water partition coefficient (Wildman–Crippen LogP) is 0.898. The standard InChI is InChI=1S/2C18H15P.2BrH/c2*1-4-10-16(11-5-1)19(17-12-6-2-7-13-17)18-14-8-3-9-15-18;;/h2*1-15H;2*1H/p-2. The van der Waals surface area contributed by atoms with Crippen molar-refractivity contribution in [1.29, 1.82) is 0 Å². The van der Waals surface area contributed by atoms with Crippen LogP contribution in [0.3, 0.4) is 0 Å². The van der Waals surface area contributed by atoms with Gasteiger partial charge < -0.3 is 34.0 Å². The first kappa shape index (κ1) is 31.7. The van der Waals surface area contributed by atoms with E-state index in [0.717, 1.165) is 0 Å². The molecule has 0 heterocycles. The topological polar surface area (TPSA) is 0 Å². The summed E-state index contributed by atoms with van der Waals surface area (Å²) in [5, 5.41) is 8.39. The largest absolute Gasteiger partial charge is 1.00 e. The van der Waals surface area contributed by atoms with Crippen molar-refractivity contribution in [2.75, 3.05) is 0 Å². The molecule has 0 saturated heterocycles. The summed E-state index contributed by atoms with van der Waals surface area (Å²) < 4.78 is 0. The van der Waals surface area contributed by atoms with Crippen LogP contribution in [-0.2, 0) is 0 Å². The van der Waals surface area contributed by atoms with Gasteiger partial charge in [0, 0.05) is 0 Å². The fourth-order valence-corrected chi connectivity index (χ4v) is 8.97. The van der Waals surface area contributed by atoms with E-state index in [1.807, 2.05) is 0 Å². The molecule has 0 aliphatic carbocycles. The Bertz CT molecular complexity index is 1180. The summed E-state index contributed by atoms with van der Waals surface area (Å²) in [6.07, 6.45) is 0. The van der Waals surface area contributed by atoms with Gasteiger partial charge in [0.25, 0.3) is 0 Å². The van der Waals surface area contributed by atoms with Gasteiger partial charge in [-0.1, -0.05) is 182 Å². The van der Waals surface area contributed by atoms with E-state index in [4.69, 9.17) is 0 Å². The van der Waals surface area contributed by atoms with Crippen molar-refractivity contribution in [1.82, 2.24) is 0 Å². The van der Waals surface area contributed by atoms with Gasteiger partial charge in [0.15, 0.2) is 0 Å². The molecule has 0 spiro atoms. The van der Waals surface area contributed by atoms with Crippen molar-refractivity contribution in [2.24, 2.45) is 0 Å². The maximum Gasteiger partial charge on any atom is -0.0134 e. The minimum Gasteiger partial charge on any atom is -1.00 e. The normalized spacial score (nSPS) is 10.1. The van der Waals surface area contributed by atoms with Crippen LogP contribution in [0.1, 0.15) is 0 Å². The van der Waals surface area contributed by atoms with Crippen LogP contribution in [0.15, 0.2) is 182 Å². The van der Waals surface area contributed by atoms with Gasteiger partial charge in [-0.25, -0.2) is 0 Å². The lowest BCUT2D eigenvalue weighted by Gasteiger charge is -2.18. The quantitative estimate of drug-likeness (QED) is 0.229. The number of hydrogen-bond donors (Lipinski definition) is 0. The van der Waals surface area contributed by atoms with E-state index in [2.05, 4.69) is 182 Å². The molecule has 0 atom stereocenters. The van der Waals surface area contributed by atoms with Gasteiger partial charge in [0.1, 0.15) is 0 Å². The summed E-state index contributed by atoms with van der Waals surface area (Å²) in [5.74, 6) is 0. The molecule has 6 rings (SSSR count). The Morgan fingerprint density at radius 2 is 0.325 bits per heavy atom. The molecule has 0 fully saturated rings. The molecule has 200 valence electrons. The van der Waals surface area contributed by atoms with E-state index in [1.165, 1.54) is 31.8 Å². The summed E-state index contributed by atoms with van der Waals surface area (Å²) in [7, 11) is -0.892. The fraction of sp³-hybridized carbons (Fsp3) is 0. The lowest BCUT2D eigenvalue weighted by Crippen LogP contribution is -3.00. The van der Waals surface area contributed by atoms with Crippen molar-refractivity contribution in [3.63, 3.8) is 0 Å². The van der Waals surface area contributed by atoms with Crippen LogP contribution in [0.5, 0.6) is 0 Å². The zero-order valence-corrected chi connectivity index (χ0v) is 26.9. The van der Waals surface area contributed by atoms with E-state index < -0.39 is 15.8 Å². The first-order valence-corrected chi connectivity index (χ1v) is 15.5. The van der Waals surface area contributed by atoms with E-state index in [9.17, 15) is 0 Å². The van der Waals surface area contributed by atoms with Crippen LogP contribution in [0.4, 0.5) is 0 Å². The van der Waals surface area contributed by atoms with Crippen molar-refractivity contribution in [3.8, 4) is 0 Å². The second-order valence-corrected chi connectivity index (χ2v) is 13.1. The molecule has 0 amide bonds. The molecule has 0 radical (unpaired) electrons. The lowest BCUT2D eigenvalue weighted by molar-refractivity contribution is -0.00100. The van der Waals surface area contributed by atoms with Gasteiger partial charge in [-0.2, -0.15) is 0 Å². The van der Waals surface area contributed by atoms with E-state index in [-0.39, 0.29) is 34.0 Å². The summed E-state index contributed by atoms with van der Waals surface area (Å²) in [4.78, 5) is 0. The summed E-state index contributed by atoms with van der Waals surface area (Å²) in [5.41, 5.74) is 0. The molecule has 0 aromatic heterocycles. The second-order valence-electron chi connectivity index (χ2n) is 8.68. The maximum absolute atomic E-state index is 2.23. The molecule has 0 nitrogen and oxygen atoms in total. The third kappa shape index (κ3) is 8.57. The molecule has 0 saturated carbocycles. The molecule has 0 bridgehead atoms. The number of hydrogen-bond acceptors (Lipinski definition) is 0. The Hall–Kier alpha value is -2.86. The second kappa shape index (κ2) is 17.1. The van der Waals surface area contributed by atoms with Crippen LogP contribution < -0.4 is 65.8 Å². The number of halogens is 2. The minimum absolute atomic E-state index is 0. The summed E-state index contributed by atoms with van der Waals surface area (Å²) in [6, 6.07) is 64.7. The Labute approximate surface area is 262 Å². The Balaban J connectivity index is 0.000000210. The van der Waals surface area contributed by atoms with Crippen LogP contribution in [0.25, 0.3) is 0 Å². The Morgan fingerprint density at radius 1 is 0.200 bits per heavy atom. The predicted molar refractivity (Wildman–Crippen MR) is 170 cm³/mol. The van der Waals surface area contributed by atoms with Crippen molar-refractivity contribution >= 4 is 47.7 Å². The Morgan fingerprint density at radius 3 is 0.450 bits per heavy atom. The molecule has 4 heteroatoms. The fourth-order valence-electron chi connectivity index (χ4n) is 4.36. The van der Waals surface area contributed by atoms with Gasteiger partial charge in [-0.15, -0.1) is 0 Å². The summed E-state index contributed by atoms with van der Waals surface area (Å²) in [6.45, 7) is 0. The van der Waals surface area contributed by atoms with Crippen LogP contribution in [0, 0.1) is 0 Å². The van der Waals surface area contributed by atoms with E-state index in [1.54, 1.807) is 0 Å². The molecule has 6 aromatic rings. The van der Waals surface area contributed by atoms with E-state index >= 15 is 0 Å². The highest BCUT2D eigenvalue weighted by molar-refractivity contribution is 7.80. The Kier molecular flexibility index (Phi) is 13.5. The van der Waals surface area contributed by atoms with Crippen molar-refractivity contribution in [3.05, 3.63) is 182 Å². The van der Waals surface area contributed by atoms with Crippen LogP contribution in [-0.4, -0.2) is 0 Å². The number of benzene rings is 6. The lowest BCUT2D eigenvalue weighted by atomic mass is 10.4. The first-order valence-electron chi connectivity index (χ1n) is 12.8. The highest BCUT2D eigenvalue weighted by Gasteiger charge is 2.16. The monoisotopic (exact) mass is 682 g/mol. The molecule has 0 unspecified atom stereocenters. The SMILES string of the molecule is [Br-].[Br-].c1ccc(P(c2ccccc2)c2ccccc2)cc1.c1ccc(P(c2ccccc2)c2ccccc2)cc1. The molecule has 6 aromatic carbocycles. The van der Waals surface area contributed by atoms with Crippen LogP contribution in [0.2, 0.25) is 0 Å². The third-order valence-corrected chi connectivity index (χ3v) is 11.0. The summed E-state index contributed by atoms with van der Waals surface area (Å²) >= 11 is 0. The molecule has 0 N–H and O–H groups in total. The number of rotatable bonds is 6. The maximum atomic E-state index is 2.23. The average Bonchev–Trinajstić information content (AvgIpc) is 3.01. The van der Waals surface area contributed by atoms with Gasteiger partial charge >= 0.3 is 0 Å².